The van der Waals surface area contributed by atoms with Gasteiger partial charge in [0.05, 0.1) is 11.0 Å². The number of hydrogen-bond acceptors (Lipinski definition) is 4. The first-order chi connectivity index (χ1) is 18.6. The van der Waals surface area contributed by atoms with E-state index >= 15 is 0 Å². The number of imidazole rings is 1. The first-order valence-electron chi connectivity index (χ1n) is 13.9. The molecule has 0 bridgehead atoms. The molecule has 1 saturated heterocycles. The molecule has 0 N–H and O–H groups in total. The number of para-hydroxylation sites is 2. The van der Waals surface area contributed by atoms with Crippen LogP contribution < -0.4 is 4.90 Å². The van der Waals surface area contributed by atoms with E-state index in [2.05, 4.69) is 75.9 Å². The van der Waals surface area contributed by atoms with Crippen molar-refractivity contribution >= 4 is 22.9 Å². The van der Waals surface area contributed by atoms with Crippen LogP contribution in [0.15, 0.2) is 84.9 Å². The summed E-state index contributed by atoms with van der Waals surface area (Å²) < 4.78 is 2.34. The van der Waals surface area contributed by atoms with Gasteiger partial charge in [0, 0.05) is 51.3 Å². The molecule has 1 aliphatic rings. The summed E-state index contributed by atoms with van der Waals surface area (Å²) in [6.45, 7) is 8.95. The van der Waals surface area contributed by atoms with Crippen molar-refractivity contribution in [3.8, 4) is 0 Å². The zero-order chi connectivity index (χ0) is 26.3. The van der Waals surface area contributed by atoms with Gasteiger partial charge in [-0.25, -0.2) is 4.98 Å². The maximum Gasteiger partial charge on any atom is 0.253 e. The standard InChI is InChI=1S/C32H39N5O/c1-3-37-30-18-11-10-17-29(30)33-32(37)36-21-12-20-35(23-24-36)22-19-28(26-13-6-4-7-14-26)25-34(2)31(38)27-15-8-5-9-16-27/h4-11,13-18,28H,3,12,19-25H2,1-2H3. The Morgan fingerprint density at radius 1 is 0.895 bits per heavy atom. The van der Waals surface area contributed by atoms with Gasteiger partial charge in [-0.1, -0.05) is 60.7 Å². The van der Waals surface area contributed by atoms with Crippen molar-refractivity contribution in [2.45, 2.75) is 32.2 Å². The molecule has 198 valence electrons. The summed E-state index contributed by atoms with van der Waals surface area (Å²) in [6, 6.07) is 28.7. The third-order valence-electron chi connectivity index (χ3n) is 7.75. The average molecular weight is 510 g/mol. The molecular weight excluding hydrogens is 470 g/mol. The molecule has 5 rings (SSSR count). The Bertz CT molecular complexity index is 1320. The van der Waals surface area contributed by atoms with E-state index in [9.17, 15) is 4.79 Å². The molecule has 2 heterocycles. The lowest BCUT2D eigenvalue weighted by Gasteiger charge is -2.28. The summed E-state index contributed by atoms with van der Waals surface area (Å²) >= 11 is 0. The van der Waals surface area contributed by atoms with Crippen LogP contribution in [0.1, 0.15) is 41.6 Å². The molecule has 38 heavy (non-hydrogen) atoms. The number of carbonyl (C=O) groups is 1. The van der Waals surface area contributed by atoms with Gasteiger partial charge in [-0.05, 0) is 62.7 Å². The lowest BCUT2D eigenvalue weighted by atomic mass is 9.94. The van der Waals surface area contributed by atoms with Crippen molar-refractivity contribution in [1.82, 2.24) is 19.4 Å². The van der Waals surface area contributed by atoms with Crippen LogP contribution in [-0.2, 0) is 6.54 Å². The Labute approximate surface area is 226 Å². The van der Waals surface area contributed by atoms with E-state index in [0.29, 0.717) is 6.54 Å². The maximum absolute atomic E-state index is 13.1. The smallest absolute Gasteiger partial charge is 0.253 e. The van der Waals surface area contributed by atoms with Crippen LogP contribution in [0.5, 0.6) is 0 Å². The second-order valence-electron chi connectivity index (χ2n) is 10.3. The number of anilines is 1. The fourth-order valence-corrected chi connectivity index (χ4v) is 5.65. The molecular formula is C32H39N5O. The van der Waals surface area contributed by atoms with Gasteiger partial charge in [-0.15, -0.1) is 0 Å². The second kappa shape index (κ2) is 12.3. The number of nitrogens with zero attached hydrogens (tertiary/aromatic N) is 5. The van der Waals surface area contributed by atoms with E-state index in [-0.39, 0.29) is 11.8 Å². The molecule has 6 nitrogen and oxygen atoms in total. The Morgan fingerprint density at radius 2 is 1.61 bits per heavy atom. The van der Waals surface area contributed by atoms with E-state index < -0.39 is 0 Å². The minimum Gasteiger partial charge on any atom is -0.341 e. The van der Waals surface area contributed by atoms with Gasteiger partial charge >= 0.3 is 0 Å². The van der Waals surface area contributed by atoms with Gasteiger partial charge in [0.15, 0.2) is 0 Å². The van der Waals surface area contributed by atoms with Crippen LogP contribution in [0.25, 0.3) is 11.0 Å². The molecule has 1 amide bonds. The van der Waals surface area contributed by atoms with Gasteiger partial charge in [-0.2, -0.15) is 0 Å². The summed E-state index contributed by atoms with van der Waals surface area (Å²) in [6.07, 6.45) is 2.14. The summed E-state index contributed by atoms with van der Waals surface area (Å²) in [5.74, 6) is 1.46. The molecule has 0 radical (unpaired) electrons. The molecule has 0 spiro atoms. The molecule has 6 heteroatoms. The Morgan fingerprint density at radius 3 is 2.37 bits per heavy atom. The van der Waals surface area contributed by atoms with Crippen molar-refractivity contribution in [2.75, 3.05) is 51.2 Å². The second-order valence-corrected chi connectivity index (χ2v) is 10.3. The SMILES string of the molecule is CCn1c(N2CCCN(CCC(CN(C)C(=O)c3ccccc3)c3ccccc3)CC2)nc2ccccc21. The highest BCUT2D eigenvalue weighted by Gasteiger charge is 2.23. The fraction of sp³-hybridized carbons (Fsp3) is 0.375. The predicted octanol–water partition coefficient (Wildman–Crippen LogP) is 5.51. The first-order valence-corrected chi connectivity index (χ1v) is 13.9. The highest BCUT2D eigenvalue weighted by molar-refractivity contribution is 5.94. The Hall–Kier alpha value is -3.64. The molecule has 1 fully saturated rings. The molecule has 3 aromatic carbocycles. The van der Waals surface area contributed by atoms with Crippen molar-refractivity contribution in [3.63, 3.8) is 0 Å². The number of hydrogen-bond donors (Lipinski definition) is 0. The number of benzene rings is 3. The quantitative estimate of drug-likeness (QED) is 0.298. The molecule has 1 atom stereocenters. The number of aromatic nitrogens is 2. The lowest BCUT2D eigenvalue weighted by molar-refractivity contribution is 0.0783. The number of likely N-dealkylation sites (N-methyl/N-ethyl adjacent to an activating group) is 1. The minimum atomic E-state index is 0.0794. The van der Waals surface area contributed by atoms with E-state index in [0.717, 1.165) is 69.1 Å². The summed E-state index contributed by atoms with van der Waals surface area (Å²) in [5.41, 5.74) is 4.33. The highest BCUT2D eigenvalue weighted by atomic mass is 16.2. The van der Waals surface area contributed by atoms with Crippen molar-refractivity contribution in [2.24, 2.45) is 0 Å². The number of fused-ring (bicyclic) bond motifs is 1. The van der Waals surface area contributed by atoms with Crippen molar-refractivity contribution in [1.29, 1.82) is 0 Å². The van der Waals surface area contributed by atoms with Crippen LogP contribution >= 0.6 is 0 Å². The summed E-state index contributed by atoms with van der Waals surface area (Å²) in [7, 11) is 1.93. The molecule has 0 aliphatic carbocycles. The van der Waals surface area contributed by atoms with Crippen molar-refractivity contribution < 1.29 is 4.79 Å². The number of aryl methyl sites for hydroxylation is 1. The number of rotatable bonds is 9. The van der Waals surface area contributed by atoms with E-state index in [1.807, 2.05) is 42.3 Å². The third kappa shape index (κ3) is 5.91. The fourth-order valence-electron chi connectivity index (χ4n) is 5.65. The normalized spacial score (nSPS) is 15.4. The monoisotopic (exact) mass is 509 g/mol. The molecule has 4 aromatic rings. The predicted molar refractivity (Wildman–Crippen MR) is 156 cm³/mol. The Kier molecular flexibility index (Phi) is 8.39. The molecule has 1 aromatic heterocycles. The zero-order valence-corrected chi connectivity index (χ0v) is 22.7. The van der Waals surface area contributed by atoms with Gasteiger partial charge in [0.1, 0.15) is 0 Å². The third-order valence-corrected chi connectivity index (χ3v) is 7.75. The first kappa shape index (κ1) is 26.0. The Balaban J connectivity index is 1.24. The zero-order valence-electron chi connectivity index (χ0n) is 22.7. The van der Waals surface area contributed by atoms with Crippen molar-refractivity contribution in [3.05, 3.63) is 96.1 Å². The van der Waals surface area contributed by atoms with Crippen LogP contribution in [0, 0.1) is 0 Å². The van der Waals surface area contributed by atoms with Gasteiger partial charge in [0.2, 0.25) is 5.95 Å². The van der Waals surface area contributed by atoms with E-state index in [4.69, 9.17) is 4.98 Å². The number of amides is 1. The maximum atomic E-state index is 13.1. The highest BCUT2D eigenvalue weighted by Crippen LogP contribution is 2.25. The number of carbonyl (C=O) groups excluding carboxylic acids is 1. The largest absolute Gasteiger partial charge is 0.341 e. The van der Waals surface area contributed by atoms with E-state index in [1.54, 1.807) is 0 Å². The molecule has 1 aliphatic heterocycles. The van der Waals surface area contributed by atoms with Gasteiger partial charge in [0.25, 0.3) is 5.91 Å². The van der Waals surface area contributed by atoms with Crippen LogP contribution in [-0.4, -0.2) is 71.6 Å². The molecule has 1 unspecified atom stereocenters. The topological polar surface area (TPSA) is 44.6 Å². The van der Waals surface area contributed by atoms with Crippen LogP contribution in [0.2, 0.25) is 0 Å². The van der Waals surface area contributed by atoms with E-state index in [1.165, 1.54) is 11.1 Å². The average Bonchev–Trinajstić information content (AvgIpc) is 3.18. The van der Waals surface area contributed by atoms with Gasteiger partial charge < -0.3 is 19.3 Å². The van der Waals surface area contributed by atoms with Crippen LogP contribution in [0.3, 0.4) is 0 Å². The minimum absolute atomic E-state index is 0.0794. The summed E-state index contributed by atoms with van der Waals surface area (Å²) in [4.78, 5) is 25.0. The molecule has 0 saturated carbocycles. The van der Waals surface area contributed by atoms with Crippen LogP contribution in [0.4, 0.5) is 5.95 Å². The lowest BCUT2D eigenvalue weighted by Crippen LogP contribution is -2.35. The van der Waals surface area contributed by atoms with Gasteiger partial charge in [-0.3, -0.25) is 4.79 Å². The summed E-state index contributed by atoms with van der Waals surface area (Å²) in [5, 5.41) is 0.